The molecular formula is C24H35N5O2S. The summed E-state index contributed by atoms with van der Waals surface area (Å²) in [5, 5.41) is 9.02. The number of hydrogen-bond donors (Lipinski definition) is 0. The Morgan fingerprint density at radius 1 is 0.875 bits per heavy atom. The Hall–Kier alpha value is -2.19. The summed E-state index contributed by atoms with van der Waals surface area (Å²) in [5.74, 6) is 1.77. The maximum atomic E-state index is 13.3. The minimum atomic E-state index is -3.50. The van der Waals surface area contributed by atoms with Crippen LogP contribution in [0.3, 0.4) is 0 Å². The van der Waals surface area contributed by atoms with Crippen LogP contribution >= 0.6 is 0 Å². The van der Waals surface area contributed by atoms with Crippen molar-refractivity contribution in [3.63, 3.8) is 0 Å². The van der Waals surface area contributed by atoms with Gasteiger partial charge in [0.15, 0.2) is 11.6 Å². The Labute approximate surface area is 192 Å². The second kappa shape index (κ2) is 9.35. The van der Waals surface area contributed by atoms with Crippen LogP contribution in [0.2, 0.25) is 0 Å². The van der Waals surface area contributed by atoms with Gasteiger partial charge in [0.25, 0.3) is 0 Å². The third-order valence-corrected chi connectivity index (χ3v) is 9.04. The number of aromatic nitrogens is 2. The summed E-state index contributed by atoms with van der Waals surface area (Å²) in [4.78, 5) is 4.94. The lowest BCUT2D eigenvalue weighted by molar-refractivity contribution is 0.383. The van der Waals surface area contributed by atoms with Crippen LogP contribution in [-0.4, -0.2) is 61.7 Å². The molecular weight excluding hydrogens is 422 g/mol. The number of piperidine rings is 1. The van der Waals surface area contributed by atoms with Gasteiger partial charge in [-0.15, -0.1) is 10.2 Å². The van der Waals surface area contributed by atoms with E-state index in [0.717, 1.165) is 41.3 Å². The van der Waals surface area contributed by atoms with Crippen molar-refractivity contribution in [3.05, 3.63) is 41.0 Å². The lowest BCUT2D eigenvalue weighted by atomic mass is 10.0. The van der Waals surface area contributed by atoms with Crippen LogP contribution in [0.15, 0.2) is 29.2 Å². The van der Waals surface area contributed by atoms with Crippen molar-refractivity contribution >= 4 is 21.7 Å². The zero-order chi connectivity index (χ0) is 22.9. The predicted molar refractivity (Wildman–Crippen MR) is 129 cm³/mol. The minimum absolute atomic E-state index is 0.421. The van der Waals surface area contributed by atoms with E-state index in [-0.39, 0.29) is 0 Å². The molecule has 2 aromatic rings. The highest BCUT2D eigenvalue weighted by molar-refractivity contribution is 7.89. The van der Waals surface area contributed by atoms with Crippen molar-refractivity contribution in [3.8, 4) is 0 Å². The van der Waals surface area contributed by atoms with E-state index < -0.39 is 10.0 Å². The average molecular weight is 458 g/mol. The molecule has 1 atom stereocenters. The summed E-state index contributed by atoms with van der Waals surface area (Å²) < 4.78 is 28.1. The second-order valence-electron chi connectivity index (χ2n) is 9.09. The Balaban J connectivity index is 1.43. The number of nitrogens with zero attached hydrogens (tertiary/aromatic N) is 5. The zero-order valence-corrected chi connectivity index (χ0v) is 20.5. The number of hydrogen-bond acceptors (Lipinski definition) is 6. The third-order valence-electron chi connectivity index (χ3n) is 7.00. The maximum Gasteiger partial charge on any atom is 0.243 e. The van der Waals surface area contributed by atoms with Gasteiger partial charge in [0.2, 0.25) is 10.0 Å². The van der Waals surface area contributed by atoms with Crippen LogP contribution in [0.4, 0.5) is 11.6 Å². The second-order valence-corrected chi connectivity index (χ2v) is 11.0. The fourth-order valence-corrected chi connectivity index (χ4v) is 6.59. The molecule has 2 fully saturated rings. The number of piperazine rings is 1. The van der Waals surface area contributed by atoms with Crippen LogP contribution in [0, 0.1) is 20.8 Å². The lowest BCUT2D eigenvalue weighted by Gasteiger charge is -2.37. The monoisotopic (exact) mass is 457 g/mol. The van der Waals surface area contributed by atoms with E-state index in [0.29, 0.717) is 37.1 Å². The average Bonchev–Trinajstić information content (AvgIpc) is 2.81. The largest absolute Gasteiger partial charge is 0.352 e. The van der Waals surface area contributed by atoms with Crippen LogP contribution in [-0.2, 0) is 10.0 Å². The summed E-state index contributed by atoms with van der Waals surface area (Å²) in [6, 6.07) is 8.41. The van der Waals surface area contributed by atoms with Crippen LogP contribution in [0.25, 0.3) is 0 Å². The van der Waals surface area contributed by atoms with E-state index in [9.17, 15) is 8.42 Å². The molecule has 0 spiro atoms. The Kier molecular flexibility index (Phi) is 6.72. The van der Waals surface area contributed by atoms with Gasteiger partial charge in [0, 0.05) is 38.8 Å². The van der Waals surface area contributed by atoms with Gasteiger partial charge in [-0.2, -0.15) is 4.31 Å². The highest BCUT2D eigenvalue weighted by atomic mass is 32.2. The number of benzene rings is 1. The highest BCUT2D eigenvalue weighted by Crippen LogP contribution is 2.27. The van der Waals surface area contributed by atoms with E-state index in [2.05, 4.69) is 33.0 Å². The molecule has 32 heavy (non-hydrogen) atoms. The van der Waals surface area contributed by atoms with Gasteiger partial charge in [0.05, 0.1) is 4.90 Å². The molecule has 0 bridgehead atoms. The van der Waals surface area contributed by atoms with Crippen molar-refractivity contribution in [1.82, 2.24) is 14.5 Å². The van der Waals surface area contributed by atoms with Crippen molar-refractivity contribution < 1.29 is 8.42 Å². The lowest BCUT2D eigenvalue weighted by Crippen LogP contribution is -2.49. The summed E-state index contributed by atoms with van der Waals surface area (Å²) in [7, 11) is -3.50. The molecule has 1 aromatic carbocycles. The molecule has 0 N–H and O–H groups in total. The van der Waals surface area contributed by atoms with Gasteiger partial charge in [-0.1, -0.05) is 13.0 Å². The van der Waals surface area contributed by atoms with Crippen molar-refractivity contribution in [2.45, 2.75) is 64.3 Å². The van der Waals surface area contributed by atoms with E-state index in [1.54, 1.807) is 10.4 Å². The first-order chi connectivity index (χ1) is 15.3. The summed E-state index contributed by atoms with van der Waals surface area (Å²) in [6.45, 7) is 11.2. The molecule has 2 aliphatic heterocycles. The zero-order valence-electron chi connectivity index (χ0n) is 19.7. The molecule has 0 saturated carbocycles. The van der Waals surface area contributed by atoms with Gasteiger partial charge < -0.3 is 9.80 Å². The molecule has 2 saturated heterocycles. The van der Waals surface area contributed by atoms with E-state index in [1.165, 1.54) is 19.3 Å². The standard InChI is InChI=1S/C24H35N5O2S/c1-5-21-8-6-7-11-29(21)24-10-9-23(25-26-24)27-12-14-28(15-13-27)32(30,31)22-17-19(3)18(2)16-20(22)4/h9-10,16-17,21H,5-8,11-15H2,1-4H3. The Morgan fingerprint density at radius 3 is 2.19 bits per heavy atom. The van der Waals surface area contributed by atoms with E-state index in [1.807, 2.05) is 32.9 Å². The van der Waals surface area contributed by atoms with Crippen LogP contribution < -0.4 is 9.80 Å². The number of sulfonamides is 1. The topological polar surface area (TPSA) is 69.6 Å². The van der Waals surface area contributed by atoms with Gasteiger partial charge in [-0.3, -0.25) is 0 Å². The molecule has 1 aromatic heterocycles. The summed E-state index contributed by atoms with van der Waals surface area (Å²) in [6.07, 6.45) is 4.84. The molecule has 174 valence electrons. The van der Waals surface area contributed by atoms with Gasteiger partial charge in [0.1, 0.15) is 0 Å². The molecule has 1 unspecified atom stereocenters. The molecule has 2 aliphatic rings. The fraction of sp³-hybridized carbons (Fsp3) is 0.583. The highest BCUT2D eigenvalue weighted by Gasteiger charge is 2.30. The number of rotatable bonds is 5. The first-order valence-electron chi connectivity index (χ1n) is 11.7. The molecule has 0 amide bonds. The van der Waals surface area contributed by atoms with Crippen molar-refractivity contribution in [2.75, 3.05) is 42.5 Å². The first kappa shape index (κ1) is 23.0. The predicted octanol–water partition coefficient (Wildman–Crippen LogP) is 3.68. The first-order valence-corrected chi connectivity index (χ1v) is 13.2. The van der Waals surface area contributed by atoms with Gasteiger partial charge in [-0.05, 0) is 81.3 Å². The molecule has 0 radical (unpaired) electrons. The molecule has 0 aliphatic carbocycles. The van der Waals surface area contributed by atoms with E-state index in [4.69, 9.17) is 0 Å². The number of aryl methyl sites for hydroxylation is 3. The van der Waals surface area contributed by atoms with Gasteiger partial charge in [-0.25, -0.2) is 8.42 Å². The Bertz CT molecular complexity index is 1050. The quantitative estimate of drug-likeness (QED) is 0.682. The molecule has 3 heterocycles. The van der Waals surface area contributed by atoms with Crippen molar-refractivity contribution in [2.24, 2.45) is 0 Å². The van der Waals surface area contributed by atoms with E-state index >= 15 is 0 Å². The molecule has 4 rings (SSSR count). The molecule has 8 heteroatoms. The van der Waals surface area contributed by atoms with Crippen LogP contribution in [0.1, 0.15) is 49.3 Å². The smallest absolute Gasteiger partial charge is 0.243 e. The summed E-state index contributed by atoms with van der Waals surface area (Å²) >= 11 is 0. The maximum absolute atomic E-state index is 13.3. The number of anilines is 2. The summed E-state index contributed by atoms with van der Waals surface area (Å²) in [5.41, 5.74) is 2.92. The van der Waals surface area contributed by atoms with Gasteiger partial charge >= 0.3 is 0 Å². The Morgan fingerprint density at radius 2 is 1.53 bits per heavy atom. The normalized spacial score (nSPS) is 20.6. The molecule has 7 nitrogen and oxygen atoms in total. The fourth-order valence-electron chi connectivity index (χ4n) is 4.88. The van der Waals surface area contributed by atoms with Crippen molar-refractivity contribution in [1.29, 1.82) is 0 Å². The SMILES string of the molecule is CCC1CCCCN1c1ccc(N2CCN(S(=O)(=O)c3cc(C)c(C)cc3C)CC2)nn1. The van der Waals surface area contributed by atoms with Crippen LogP contribution in [0.5, 0.6) is 0 Å². The third kappa shape index (κ3) is 4.48. The minimum Gasteiger partial charge on any atom is -0.352 e.